The largest absolute Gasteiger partial charge is 0.456 e. The molecule has 0 aliphatic rings. The van der Waals surface area contributed by atoms with Crippen molar-refractivity contribution in [2.75, 3.05) is 5.75 Å². The number of hydrogen-bond donors (Lipinski definition) is 1. The average molecular weight is 362 g/mol. The van der Waals surface area contributed by atoms with E-state index in [-0.39, 0.29) is 0 Å². The van der Waals surface area contributed by atoms with Crippen LogP contribution in [0.4, 0.5) is 0 Å². The molecular formula is C17H16NO4S2+. The lowest BCUT2D eigenvalue weighted by atomic mass is 10.1. The van der Waals surface area contributed by atoms with Gasteiger partial charge < -0.3 is 4.42 Å². The summed E-state index contributed by atoms with van der Waals surface area (Å²) in [7, 11) is 0. The van der Waals surface area contributed by atoms with Crippen LogP contribution in [0.1, 0.15) is 11.4 Å². The van der Waals surface area contributed by atoms with Crippen LogP contribution in [-0.4, -0.2) is 11.0 Å². The van der Waals surface area contributed by atoms with Gasteiger partial charge in [0.15, 0.2) is 6.54 Å². The summed E-state index contributed by atoms with van der Waals surface area (Å²) in [5.41, 5.74) is 3.08. The molecule has 0 aliphatic heterocycles. The monoisotopic (exact) mass is 362 g/mol. The van der Waals surface area contributed by atoms with Gasteiger partial charge in [0.2, 0.25) is 10.5 Å². The van der Waals surface area contributed by atoms with E-state index < -0.39 is 0 Å². The lowest BCUT2D eigenvalue weighted by Gasteiger charge is -1.97. The van der Waals surface area contributed by atoms with Gasteiger partial charge in [0.25, 0.3) is 0 Å². The second-order valence-corrected chi connectivity index (χ2v) is 7.52. The fourth-order valence-corrected chi connectivity index (χ4v) is 4.45. The molecule has 124 valence electrons. The lowest BCUT2D eigenvalue weighted by molar-refractivity contribution is -0.672. The van der Waals surface area contributed by atoms with Crippen LogP contribution in [0.15, 0.2) is 40.8 Å². The minimum absolute atomic E-state index is 0.737. The van der Waals surface area contributed by atoms with Crippen LogP contribution >= 0.6 is 23.4 Å². The van der Waals surface area contributed by atoms with E-state index in [9.17, 15) is 0 Å². The van der Waals surface area contributed by atoms with Crippen molar-refractivity contribution >= 4 is 55.5 Å². The Kier molecular flexibility index (Phi) is 4.43. The molecule has 0 bridgehead atoms. The molecule has 0 spiro atoms. The van der Waals surface area contributed by atoms with Crippen molar-refractivity contribution in [2.45, 2.75) is 19.9 Å². The van der Waals surface area contributed by atoms with Crippen LogP contribution in [0.5, 0.6) is 0 Å². The van der Waals surface area contributed by atoms with Gasteiger partial charge in [0.1, 0.15) is 15.9 Å². The number of aromatic nitrogens is 1. The molecular weight excluding hydrogens is 346 g/mol. The maximum absolute atomic E-state index is 8.15. The Bertz CT molecular complexity index is 1010. The molecule has 0 saturated heterocycles. The average Bonchev–Trinajstić information content (AvgIpc) is 3.09. The van der Waals surface area contributed by atoms with E-state index in [1.54, 1.807) is 11.3 Å². The van der Waals surface area contributed by atoms with Crippen molar-refractivity contribution in [3.05, 3.63) is 41.4 Å². The molecule has 24 heavy (non-hydrogen) atoms. The number of hydrogen-bond acceptors (Lipinski definition) is 6. The lowest BCUT2D eigenvalue weighted by Crippen LogP contribution is -2.35. The maximum Gasteiger partial charge on any atom is 0.235 e. The van der Waals surface area contributed by atoms with E-state index in [1.165, 1.54) is 15.2 Å². The summed E-state index contributed by atoms with van der Waals surface area (Å²) in [6.07, 6.45) is 0.912. The minimum Gasteiger partial charge on any atom is -0.456 e. The number of nitrogens with zero attached hydrogens (tertiary/aromatic N) is 1. The summed E-state index contributed by atoms with van der Waals surface area (Å²) in [4.78, 5) is 0. The summed E-state index contributed by atoms with van der Waals surface area (Å²) in [5.74, 6) is 0.737. The second kappa shape index (κ2) is 6.70. The van der Waals surface area contributed by atoms with Crippen LogP contribution in [0.25, 0.3) is 32.2 Å². The van der Waals surface area contributed by atoms with Gasteiger partial charge in [-0.1, -0.05) is 34.6 Å². The normalized spacial score (nSPS) is 11.9. The maximum atomic E-state index is 8.15. The number of thiazole rings is 1. The molecule has 2 aromatic heterocycles. The molecule has 0 atom stereocenters. The zero-order valence-electron chi connectivity index (χ0n) is 13.0. The first-order chi connectivity index (χ1) is 11.8. The molecule has 0 amide bonds. The molecule has 1 N–H and O–H groups in total. The zero-order valence-corrected chi connectivity index (χ0v) is 14.7. The number of fused-ring (bicyclic) bond motifs is 4. The summed E-state index contributed by atoms with van der Waals surface area (Å²) in [5, 5.41) is 15.3. The van der Waals surface area contributed by atoms with Crippen molar-refractivity contribution in [3.63, 3.8) is 0 Å². The highest BCUT2D eigenvalue weighted by atomic mass is 32.2. The standard InChI is InChI=1S/C17H15NO4S2/c1-11-18(7-4-8-23-22-21-19)14-9-13-12-5-2-3-6-15(12)20-16(13)10-17(14)24-11/h2-3,5-6,9-10H,4,7-8H2,1H3/p+1. The molecule has 2 aromatic carbocycles. The third-order valence-electron chi connectivity index (χ3n) is 4.07. The van der Waals surface area contributed by atoms with Gasteiger partial charge >= 0.3 is 0 Å². The zero-order chi connectivity index (χ0) is 16.5. The number of benzene rings is 2. The molecule has 0 fully saturated rings. The molecule has 2 heterocycles. The SMILES string of the molecule is Cc1sc2cc3oc4ccccc4c3cc2[n+]1CCCSOOO. The van der Waals surface area contributed by atoms with Gasteiger partial charge in [-0.25, -0.2) is 5.26 Å². The van der Waals surface area contributed by atoms with Gasteiger partial charge in [-0.05, 0) is 6.07 Å². The van der Waals surface area contributed by atoms with Crippen molar-refractivity contribution < 1.29 is 23.6 Å². The Balaban J connectivity index is 1.73. The summed E-state index contributed by atoms with van der Waals surface area (Å²) >= 11 is 2.87. The first-order valence-electron chi connectivity index (χ1n) is 7.62. The first kappa shape index (κ1) is 15.9. The predicted octanol–water partition coefficient (Wildman–Crippen LogP) is 4.86. The van der Waals surface area contributed by atoms with Crippen LogP contribution in [-0.2, 0) is 15.9 Å². The van der Waals surface area contributed by atoms with Crippen LogP contribution in [0, 0.1) is 6.92 Å². The van der Waals surface area contributed by atoms with Gasteiger partial charge in [-0.2, -0.15) is 4.57 Å². The van der Waals surface area contributed by atoms with Gasteiger partial charge in [-0.15, -0.1) is 4.33 Å². The number of rotatable bonds is 6. The molecule has 0 unspecified atom stereocenters. The summed E-state index contributed by atoms with van der Waals surface area (Å²) in [6, 6.07) is 12.5. The number of aryl methyl sites for hydroxylation is 2. The van der Waals surface area contributed by atoms with Crippen LogP contribution in [0.3, 0.4) is 0 Å². The Morgan fingerprint density at radius 3 is 2.96 bits per heavy atom. The minimum atomic E-state index is 0.737. The van der Waals surface area contributed by atoms with Gasteiger partial charge in [0, 0.05) is 54.0 Å². The van der Waals surface area contributed by atoms with E-state index in [4.69, 9.17) is 9.67 Å². The molecule has 7 heteroatoms. The van der Waals surface area contributed by atoms with E-state index in [2.05, 4.69) is 39.1 Å². The Hall–Kier alpha value is -1.64. The molecule has 4 aromatic rings. The van der Waals surface area contributed by atoms with E-state index in [0.29, 0.717) is 0 Å². The fourth-order valence-electron chi connectivity index (χ4n) is 3.03. The number of furan rings is 1. The van der Waals surface area contributed by atoms with Gasteiger partial charge in [0.05, 0.1) is 0 Å². The highest BCUT2D eigenvalue weighted by Gasteiger charge is 2.19. The second-order valence-electron chi connectivity index (χ2n) is 5.51. The fraction of sp³-hybridized carbons (Fsp3) is 0.235. The van der Waals surface area contributed by atoms with Crippen molar-refractivity contribution in [1.82, 2.24) is 0 Å². The summed E-state index contributed by atoms with van der Waals surface area (Å²) < 4.78 is 13.9. The highest BCUT2D eigenvalue weighted by molar-refractivity contribution is 7.94. The van der Waals surface area contributed by atoms with E-state index in [0.717, 1.165) is 52.7 Å². The van der Waals surface area contributed by atoms with Crippen molar-refractivity contribution in [3.8, 4) is 0 Å². The van der Waals surface area contributed by atoms with E-state index in [1.807, 2.05) is 18.2 Å². The van der Waals surface area contributed by atoms with Crippen LogP contribution < -0.4 is 4.57 Å². The number of para-hydroxylation sites is 1. The van der Waals surface area contributed by atoms with Crippen molar-refractivity contribution in [2.24, 2.45) is 0 Å². The Morgan fingerprint density at radius 1 is 1.21 bits per heavy atom. The molecule has 5 nitrogen and oxygen atoms in total. The molecule has 0 aliphatic carbocycles. The quantitative estimate of drug-likeness (QED) is 0.175. The van der Waals surface area contributed by atoms with E-state index >= 15 is 0 Å². The molecule has 4 rings (SSSR count). The van der Waals surface area contributed by atoms with Gasteiger partial charge in [-0.3, -0.25) is 0 Å². The highest BCUT2D eigenvalue weighted by Crippen LogP contribution is 2.33. The van der Waals surface area contributed by atoms with Crippen LogP contribution in [0.2, 0.25) is 0 Å². The summed E-state index contributed by atoms with van der Waals surface area (Å²) in [6.45, 7) is 3.01. The Labute approximate surface area is 146 Å². The molecule has 0 saturated carbocycles. The first-order valence-corrected chi connectivity index (χ1v) is 9.34. The van der Waals surface area contributed by atoms with Crippen molar-refractivity contribution in [1.29, 1.82) is 0 Å². The smallest absolute Gasteiger partial charge is 0.235 e. The molecule has 0 radical (unpaired) electrons. The third kappa shape index (κ3) is 2.78. The predicted molar refractivity (Wildman–Crippen MR) is 95.9 cm³/mol. The third-order valence-corrected chi connectivity index (χ3v) is 5.75. The topological polar surface area (TPSA) is 55.7 Å². The Morgan fingerprint density at radius 2 is 2.08 bits per heavy atom.